The largest absolute Gasteiger partial charge is 0.481 e. The average molecular weight is 379 g/mol. The summed E-state index contributed by atoms with van der Waals surface area (Å²) >= 11 is 7.30. The maximum absolute atomic E-state index is 12.8. The van der Waals surface area contributed by atoms with Crippen LogP contribution in [0, 0.1) is 5.92 Å². The first-order valence-electron chi connectivity index (χ1n) is 8.10. The first-order chi connectivity index (χ1) is 11.9. The van der Waals surface area contributed by atoms with Crippen molar-refractivity contribution < 1.29 is 14.7 Å². The van der Waals surface area contributed by atoms with Crippen molar-refractivity contribution >= 4 is 34.8 Å². The van der Waals surface area contributed by atoms with Gasteiger partial charge in [-0.25, -0.2) is 4.98 Å². The van der Waals surface area contributed by atoms with E-state index in [1.54, 1.807) is 23.2 Å². The van der Waals surface area contributed by atoms with E-state index in [1.165, 1.54) is 11.3 Å². The number of nitrogens with zero attached hydrogens (tertiary/aromatic N) is 2. The molecular weight excluding hydrogens is 360 g/mol. The third-order valence-corrected chi connectivity index (χ3v) is 5.99. The van der Waals surface area contributed by atoms with Crippen LogP contribution in [-0.2, 0) is 4.79 Å². The van der Waals surface area contributed by atoms with Gasteiger partial charge in [-0.05, 0) is 17.7 Å². The summed E-state index contributed by atoms with van der Waals surface area (Å²) in [7, 11) is 0. The molecule has 3 rings (SSSR count). The Labute approximate surface area is 155 Å². The number of aliphatic carboxylic acids is 1. The zero-order valence-corrected chi connectivity index (χ0v) is 15.5. The molecule has 132 valence electrons. The number of benzene rings is 1. The second-order valence-electron chi connectivity index (χ2n) is 6.53. The van der Waals surface area contributed by atoms with Crippen LogP contribution < -0.4 is 0 Å². The quantitative estimate of drug-likeness (QED) is 0.876. The number of amides is 1. The average Bonchev–Trinajstić information content (AvgIpc) is 3.22. The summed E-state index contributed by atoms with van der Waals surface area (Å²) in [6.45, 7) is 4.64. The van der Waals surface area contributed by atoms with Crippen molar-refractivity contribution in [1.82, 2.24) is 9.88 Å². The number of hydrogen-bond acceptors (Lipinski definition) is 4. The Hall–Kier alpha value is -1.92. The van der Waals surface area contributed by atoms with Crippen LogP contribution >= 0.6 is 22.9 Å². The van der Waals surface area contributed by atoms with Gasteiger partial charge in [0.05, 0.1) is 17.1 Å². The van der Waals surface area contributed by atoms with Gasteiger partial charge in [-0.3, -0.25) is 9.59 Å². The van der Waals surface area contributed by atoms with Gasteiger partial charge < -0.3 is 10.0 Å². The molecule has 1 aromatic heterocycles. The Balaban J connectivity index is 1.82. The molecule has 0 unspecified atom stereocenters. The lowest BCUT2D eigenvalue weighted by Gasteiger charge is -2.15. The molecule has 1 fully saturated rings. The highest BCUT2D eigenvalue weighted by atomic mass is 35.5. The number of halogens is 1. The van der Waals surface area contributed by atoms with Crippen LogP contribution in [0.4, 0.5) is 0 Å². The summed E-state index contributed by atoms with van der Waals surface area (Å²) in [5, 5.41) is 11.1. The molecule has 0 spiro atoms. The number of carbonyl (C=O) groups excluding carboxylic acids is 1. The van der Waals surface area contributed by atoms with Gasteiger partial charge in [0.25, 0.3) is 5.91 Å². The van der Waals surface area contributed by atoms with Crippen LogP contribution in [0.3, 0.4) is 0 Å². The van der Waals surface area contributed by atoms with Crippen molar-refractivity contribution in [3.63, 3.8) is 0 Å². The molecule has 0 saturated carbocycles. The normalized spacial score (nSPS) is 20.2. The van der Waals surface area contributed by atoms with Gasteiger partial charge in [0.1, 0.15) is 4.88 Å². The van der Waals surface area contributed by atoms with E-state index in [9.17, 15) is 14.7 Å². The van der Waals surface area contributed by atoms with Crippen LogP contribution in [0.2, 0.25) is 5.02 Å². The highest BCUT2D eigenvalue weighted by Gasteiger charge is 2.41. The monoisotopic (exact) mass is 378 g/mol. The van der Waals surface area contributed by atoms with E-state index >= 15 is 0 Å². The molecule has 2 atom stereocenters. The zero-order valence-electron chi connectivity index (χ0n) is 14.0. The number of aromatic nitrogens is 1. The third-order valence-electron chi connectivity index (χ3n) is 4.45. The molecule has 1 aliphatic rings. The molecule has 1 aliphatic heterocycles. The van der Waals surface area contributed by atoms with Crippen LogP contribution in [0.5, 0.6) is 0 Å². The van der Waals surface area contributed by atoms with Crippen molar-refractivity contribution in [1.29, 1.82) is 0 Å². The fourth-order valence-electron chi connectivity index (χ4n) is 3.08. The van der Waals surface area contributed by atoms with E-state index in [0.29, 0.717) is 16.4 Å². The summed E-state index contributed by atoms with van der Waals surface area (Å²) in [5.41, 5.74) is 0.888. The van der Waals surface area contributed by atoms with Gasteiger partial charge >= 0.3 is 5.97 Å². The Bertz CT molecular complexity index is 788. The Kier molecular flexibility index (Phi) is 5.11. The molecule has 2 aromatic rings. The third kappa shape index (κ3) is 3.70. The zero-order chi connectivity index (χ0) is 18.1. The van der Waals surface area contributed by atoms with Crippen LogP contribution in [-0.4, -0.2) is 40.0 Å². The van der Waals surface area contributed by atoms with Crippen molar-refractivity contribution in [2.75, 3.05) is 13.1 Å². The van der Waals surface area contributed by atoms with Gasteiger partial charge in [-0.15, -0.1) is 11.3 Å². The van der Waals surface area contributed by atoms with Crippen LogP contribution in [0.15, 0.2) is 30.5 Å². The molecule has 1 amide bonds. The number of thiazole rings is 1. The van der Waals surface area contributed by atoms with Crippen molar-refractivity contribution in [2.24, 2.45) is 5.92 Å². The first kappa shape index (κ1) is 17.9. The van der Waals surface area contributed by atoms with E-state index in [0.717, 1.165) is 10.6 Å². The minimum Gasteiger partial charge on any atom is -0.481 e. The number of carbonyl (C=O) groups is 2. The predicted octanol–water partition coefficient (Wildman–Crippen LogP) is 3.86. The van der Waals surface area contributed by atoms with E-state index in [4.69, 9.17) is 11.6 Å². The Morgan fingerprint density at radius 2 is 1.96 bits per heavy atom. The van der Waals surface area contributed by atoms with Gasteiger partial charge in [0, 0.05) is 29.9 Å². The summed E-state index contributed by atoms with van der Waals surface area (Å²) < 4.78 is 0. The Morgan fingerprint density at radius 1 is 1.28 bits per heavy atom. The lowest BCUT2D eigenvalue weighted by Crippen LogP contribution is -2.29. The second-order valence-corrected chi connectivity index (χ2v) is 8.03. The molecule has 1 aromatic carbocycles. The molecule has 0 bridgehead atoms. The molecule has 1 saturated heterocycles. The van der Waals surface area contributed by atoms with Gasteiger partial charge in [0.2, 0.25) is 0 Å². The molecule has 1 N–H and O–H groups in total. The molecular formula is C18H19ClN2O3S. The molecule has 2 heterocycles. The lowest BCUT2D eigenvalue weighted by molar-refractivity contribution is -0.141. The minimum absolute atomic E-state index is 0.146. The van der Waals surface area contributed by atoms with Gasteiger partial charge in [-0.1, -0.05) is 37.6 Å². The molecule has 5 nitrogen and oxygen atoms in total. The number of hydrogen-bond donors (Lipinski definition) is 1. The van der Waals surface area contributed by atoms with E-state index in [1.807, 2.05) is 26.0 Å². The van der Waals surface area contributed by atoms with Crippen molar-refractivity contribution in [3.8, 4) is 0 Å². The van der Waals surface area contributed by atoms with Crippen molar-refractivity contribution in [2.45, 2.75) is 25.7 Å². The van der Waals surface area contributed by atoms with E-state index in [-0.39, 0.29) is 24.3 Å². The fourth-order valence-corrected chi connectivity index (χ4v) is 4.09. The number of rotatable bonds is 4. The van der Waals surface area contributed by atoms with Crippen LogP contribution in [0.1, 0.15) is 45.9 Å². The summed E-state index contributed by atoms with van der Waals surface area (Å²) in [5.74, 6) is -1.63. The standard InChI is InChI=1S/C18H19ClN2O3S/c1-10(2)16-20-7-15(25-16)17(22)21-8-13(14(9-21)18(23)24)11-3-5-12(19)6-4-11/h3-7,10,13-14H,8-9H2,1-2H3,(H,23,24)/t13-,14+/m0/s1. The molecule has 25 heavy (non-hydrogen) atoms. The Morgan fingerprint density at radius 3 is 2.52 bits per heavy atom. The summed E-state index contributed by atoms with van der Waals surface area (Å²) in [4.78, 5) is 30.9. The van der Waals surface area contributed by atoms with E-state index in [2.05, 4.69) is 4.98 Å². The molecule has 0 radical (unpaired) electrons. The topological polar surface area (TPSA) is 70.5 Å². The molecule has 0 aliphatic carbocycles. The van der Waals surface area contributed by atoms with E-state index < -0.39 is 11.9 Å². The first-order valence-corrected chi connectivity index (χ1v) is 9.29. The maximum atomic E-state index is 12.8. The van der Waals surface area contributed by atoms with Crippen LogP contribution in [0.25, 0.3) is 0 Å². The minimum atomic E-state index is -0.887. The maximum Gasteiger partial charge on any atom is 0.308 e. The van der Waals surface area contributed by atoms with Gasteiger partial charge in [-0.2, -0.15) is 0 Å². The number of likely N-dealkylation sites (tertiary alicyclic amines) is 1. The molecule has 7 heteroatoms. The lowest BCUT2D eigenvalue weighted by atomic mass is 9.89. The fraction of sp³-hybridized carbons (Fsp3) is 0.389. The highest BCUT2D eigenvalue weighted by molar-refractivity contribution is 7.13. The van der Waals surface area contributed by atoms with Crippen molar-refractivity contribution in [3.05, 3.63) is 50.9 Å². The number of carboxylic acids is 1. The van der Waals surface area contributed by atoms with Gasteiger partial charge in [0.15, 0.2) is 0 Å². The predicted molar refractivity (Wildman–Crippen MR) is 97.4 cm³/mol. The smallest absolute Gasteiger partial charge is 0.308 e. The summed E-state index contributed by atoms with van der Waals surface area (Å²) in [6.07, 6.45) is 1.59. The summed E-state index contributed by atoms with van der Waals surface area (Å²) in [6, 6.07) is 7.16. The second kappa shape index (κ2) is 7.14. The highest BCUT2D eigenvalue weighted by Crippen LogP contribution is 2.35. The SMILES string of the molecule is CC(C)c1ncc(C(=O)N2C[C@@H](C(=O)O)[C@H](c3ccc(Cl)cc3)C2)s1. The number of carboxylic acid groups (broad SMARTS) is 1.